The van der Waals surface area contributed by atoms with E-state index >= 15 is 9.13 Å². The topological polar surface area (TPSA) is 164 Å². The Morgan fingerprint density at radius 1 is 0.371 bits per heavy atom. The van der Waals surface area contributed by atoms with Gasteiger partial charge in [-0.3, -0.25) is 0 Å². The first-order valence-electron chi connectivity index (χ1n) is 19.7. The van der Waals surface area contributed by atoms with E-state index in [9.17, 15) is 9.59 Å². The molecule has 0 aliphatic carbocycles. The Labute approximate surface area is 357 Å². The van der Waals surface area contributed by atoms with Crippen LogP contribution in [-0.4, -0.2) is 55.1 Å². The minimum atomic E-state index is -3.77. The molecule has 14 heteroatoms. The number of pyridine rings is 6. The standard InChI is InChI=1S/C48H38N6O6P2/c1-3-59-47(55)41-27-11-21-35(49-41)37-23-13-29-43(51-37)61(57,33-17-7-5-8-18-33)45-31-15-25-39(53-45)40-26-16-32-46(54-40)62(58,34-19-9-6-10-20-34)44-30-14-24-38(52-44)36-22-12-28-42(50-36)48(56)60-4-2/h5-32H,3-4H2,1-2H3. The first kappa shape index (κ1) is 41.5. The van der Waals surface area contributed by atoms with E-state index in [1.807, 2.05) is 36.4 Å². The van der Waals surface area contributed by atoms with Gasteiger partial charge in [-0.25, -0.2) is 39.5 Å². The van der Waals surface area contributed by atoms with Crippen molar-refractivity contribution in [3.63, 3.8) is 0 Å². The van der Waals surface area contributed by atoms with Crippen molar-refractivity contribution in [1.29, 1.82) is 0 Å². The van der Waals surface area contributed by atoms with Gasteiger partial charge in [0.15, 0.2) is 0 Å². The molecule has 8 rings (SSSR count). The summed E-state index contributed by atoms with van der Waals surface area (Å²) in [6.45, 7) is 3.86. The Morgan fingerprint density at radius 2 is 0.645 bits per heavy atom. The minimum Gasteiger partial charge on any atom is -0.461 e. The summed E-state index contributed by atoms with van der Waals surface area (Å²) in [5.41, 5.74) is 3.70. The molecule has 0 amide bonds. The van der Waals surface area contributed by atoms with Gasteiger partial charge in [-0.2, -0.15) is 0 Å². The van der Waals surface area contributed by atoms with Crippen molar-refractivity contribution < 1.29 is 28.2 Å². The zero-order valence-electron chi connectivity index (χ0n) is 33.6. The van der Waals surface area contributed by atoms with Gasteiger partial charge in [0.25, 0.3) is 0 Å². The highest BCUT2D eigenvalue weighted by Crippen LogP contribution is 2.43. The Bertz CT molecular complexity index is 2820. The summed E-state index contributed by atoms with van der Waals surface area (Å²) in [5.74, 6) is -1.11. The molecule has 0 bridgehead atoms. The predicted molar refractivity (Wildman–Crippen MR) is 240 cm³/mol. The van der Waals surface area contributed by atoms with Crippen LogP contribution in [0.4, 0.5) is 0 Å². The monoisotopic (exact) mass is 856 g/mol. The van der Waals surface area contributed by atoms with Crippen LogP contribution in [0.2, 0.25) is 0 Å². The van der Waals surface area contributed by atoms with Gasteiger partial charge in [-0.1, -0.05) is 97.1 Å². The molecule has 6 aromatic heterocycles. The normalized spacial score (nSPS) is 13.0. The van der Waals surface area contributed by atoms with E-state index in [1.165, 1.54) is 0 Å². The van der Waals surface area contributed by atoms with Gasteiger partial charge in [0, 0.05) is 10.6 Å². The van der Waals surface area contributed by atoms with Gasteiger partial charge >= 0.3 is 11.9 Å². The smallest absolute Gasteiger partial charge is 0.356 e. The zero-order valence-corrected chi connectivity index (χ0v) is 35.4. The molecule has 2 atom stereocenters. The number of nitrogens with zero attached hydrogens (tertiary/aromatic N) is 6. The average molecular weight is 857 g/mol. The third-order valence-electron chi connectivity index (χ3n) is 9.72. The first-order chi connectivity index (χ1) is 30.2. The highest BCUT2D eigenvalue weighted by atomic mass is 31.2. The molecular weight excluding hydrogens is 819 g/mol. The van der Waals surface area contributed by atoms with Gasteiger partial charge in [0.2, 0.25) is 14.3 Å². The van der Waals surface area contributed by atoms with Crippen LogP contribution in [-0.2, 0) is 18.6 Å². The second-order valence-corrected chi connectivity index (χ2v) is 19.0. The van der Waals surface area contributed by atoms with E-state index in [4.69, 9.17) is 29.4 Å². The van der Waals surface area contributed by atoms with Crippen LogP contribution < -0.4 is 32.3 Å². The number of esters is 2. The Morgan fingerprint density at radius 3 is 0.935 bits per heavy atom. The Balaban J connectivity index is 1.21. The fraction of sp³-hybridized carbons (Fsp3) is 0.0833. The molecule has 12 nitrogen and oxygen atoms in total. The van der Waals surface area contributed by atoms with Gasteiger partial charge in [-0.15, -0.1) is 0 Å². The second-order valence-electron chi connectivity index (χ2n) is 13.7. The lowest BCUT2D eigenvalue weighted by atomic mass is 10.2. The number of hydrogen-bond acceptors (Lipinski definition) is 12. The molecule has 0 spiro atoms. The summed E-state index contributed by atoms with van der Waals surface area (Å²) in [6.07, 6.45) is 0. The Kier molecular flexibility index (Phi) is 12.1. The van der Waals surface area contributed by atoms with E-state index in [0.717, 1.165) is 0 Å². The molecule has 0 saturated carbocycles. The number of rotatable bonds is 13. The van der Waals surface area contributed by atoms with E-state index in [0.29, 0.717) is 44.8 Å². The average Bonchev–Trinajstić information content (AvgIpc) is 3.34. The molecule has 8 aromatic rings. The van der Waals surface area contributed by atoms with Crippen LogP contribution in [0.15, 0.2) is 170 Å². The summed E-state index contributed by atoms with van der Waals surface area (Å²) in [6, 6.07) is 48.8. The molecule has 6 heterocycles. The predicted octanol–water partition coefficient (Wildman–Crippen LogP) is 6.69. The van der Waals surface area contributed by atoms with Crippen molar-refractivity contribution in [3.8, 4) is 34.2 Å². The molecule has 2 aromatic carbocycles. The minimum absolute atomic E-state index is 0.130. The first-order valence-corrected chi connectivity index (χ1v) is 23.1. The van der Waals surface area contributed by atoms with Crippen molar-refractivity contribution >= 4 is 58.6 Å². The molecule has 0 aliphatic heterocycles. The van der Waals surface area contributed by atoms with E-state index in [2.05, 4.69) is 9.97 Å². The number of carbonyl (C=O) groups excluding carboxylic acids is 2. The molecule has 0 aliphatic rings. The van der Waals surface area contributed by atoms with Crippen LogP contribution >= 0.6 is 14.3 Å². The molecule has 0 saturated heterocycles. The quantitative estimate of drug-likeness (QED) is 0.0893. The van der Waals surface area contributed by atoms with E-state index in [-0.39, 0.29) is 46.3 Å². The number of hydrogen-bond donors (Lipinski definition) is 0. The molecule has 0 radical (unpaired) electrons. The van der Waals surface area contributed by atoms with Gasteiger partial charge < -0.3 is 18.6 Å². The summed E-state index contributed by atoms with van der Waals surface area (Å²) in [5, 5.41) is 1.01. The molecule has 306 valence electrons. The molecule has 0 fully saturated rings. The van der Waals surface area contributed by atoms with Gasteiger partial charge in [-0.05, 0) is 86.6 Å². The SMILES string of the molecule is CCOC(=O)c1cccc(-c2cccc(P(=O)(c3ccccc3)c3cccc(-c4cccc(P(=O)(c5ccccc5)c5cccc(-c6cccc(C(=O)OCC)n6)n5)n4)n3)n2)n1. The van der Waals surface area contributed by atoms with Crippen LogP contribution in [0.25, 0.3) is 34.2 Å². The number of aromatic nitrogens is 6. The summed E-state index contributed by atoms with van der Waals surface area (Å²) in [7, 11) is -7.54. The lowest BCUT2D eigenvalue weighted by Gasteiger charge is -2.20. The fourth-order valence-corrected chi connectivity index (χ4v) is 11.7. The van der Waals surface area contributed by atoms with E-state index in [1.54, 1.807) is 147 Å². The van der Waals surface area contributed by atoms with Crippen LogP contribution in [0.1, 0.15) is 34.8 Å². The highest BCUT2D eigenvalue weighted by molar-refractivity contribution is 7.85. The van der Waals surface area contributed by atoms with Crippen molar-refractivity contribution in [2.75, 3.05) is 13.2 Å². The summed E-state index contributed by atoms with van der Waals surface area (Å²) in [4.78, 5) is 53.7. The van der Waals surface area contributed by atoms with Crippen molar-refractivity contribution in [2.45, 2.75) is 13.8 Å². The lowest BCUT2D eigenvalue weighted by Crippen LogP contribution is -2.30. The number of ether oxygens (including phenoxy) is 2. The second kappa shape index (κ2) is 18.2. The largest absolute Gasteiger partial charge is 0.461 e. The van der Waals surface area contributed by atoms with Gasteiger partial charge in [0.05, 0.1) is 47.4 Å². The number of carbonyl (C=O) groups is 2. The maximum atomic E-state index is 15.8. The highest BCUT2D eigenvalue weighted by Gasteiger charge is 2.35. The maximum absolute atomic E-state index is 15.8. The van der Waals surface area contributed by atoms with Gasteiger partial charge in [0.1, 0.15) is 33.1 Å². The molecule has 62 heavy (non-hydrogen) atoms. The van der Waals surface area contributed by atoms with E-state index < -0.39 is 26.2 Å². The number of benzene rings is 2. The zero-order chi connectivity index (χ0) is 43.1. The van der Waals surface area contributed by atoms with Crippen LogP contribution in [0.3, 0.4) is 0 Å². The van der Waals surface area contributed by atoms with Crippen molar-refractivity contribution in [1.82, 2.24) is 29.9 Å². The third kappa shape index (κ3) is 8.26. The van der Waals surface area contributed by atoms with Crippen LogP contribution in [0.5, 0.6) is 0 Å². The molecule has 2 unspecified atom stereocenters. The van der Waals surface area contributed by atoms with Crippen molar-refractivity contribution in [2.24, 2.45) is 0 Å². The molecule has 0 N–H and O–H groups in total. The van der Waals surface area contributed by atoms with Crippen LogP contribution in [0, 0.1) is 0 Å². The summed E-state index contributed by atoms with van der Waals surface area (Å²) < 4.78 is 41.8. The third-order valence-corrected chi connectivity index (χ3v) is 15.4. The van der Waals surface area contributed by atoms with Crippen molar-refractivity contribution in [3.05, 3.63) is 181 Å². The maximum Gasteiger partial charge on any atom is 0.356 e. The lowest BCUT2D eigenvalue weighted by molar-refractivity contribution is 0.0510. The molecular formula is C48H38N6O6P2. The summed E-state index contributed by atoms with van der Waals surface area (Å²) >= 11 is 0. The Hall–Kier alpha value is -7.26. The fourth-order valence-electron chi connectivity index (χ4n) is 6.80.